The van der Waals surface area contributed by atoms with Crippen LogP contribution < -0.4 is 10.6 Å². The van der Waals surface area contributed by atoms with Crippen molar-refractivity contribution in [3.8, 4) is 5.69 Å². The molecule has 0 saturated heterocycles. The van der Waals surface area contributed by atoms with Crippen LogP contribution in [0.15, 0.2) is 54.7 Å². The van der Waals surface area contributed by atoms with Crippen molar-refractivity contribution in [3.05, 3.63) is 54.7 Å². The summed E-state index contributed by atoms with van der Waals surface area (Å²) in [5.74, 6) is 1.46. The van der Waals surface area contributed by atoms with E-state index < -0.39 is 0 Å². The summed E-state index contributed by atoms with van der Waals surface area (Å²) < 4.78 is 1.67. The number of benzene rings is 1. The summed E-state index contributed by atoms with van der Waals surface area (Å²) >= 11 is 0. The summed E-state index contributed by atoms with van der Waals surface area (Å²) in [6.07, 6.45) is 1.76. The van der Waals surface area contributed by atoms with Crippen LogP contribution in [0.5, 0.6) is 0 Å². The summed E-state index contributed by atoms with van der Waals surface area (Å²) in [6, 6.07) is 15.5. The molecule has 0 radical (unpaired) electrons. The first-order valence-electron chi connectivity index (χ1n) is 6.66. The molecule has 2 aromatic heterocycles. The lowest BCUT2D eigenvalue weighted by atomic mass is 10.3. The molecule has 0 fully saturated rings. The zero-order chi connectivity index (χ0) is 14.3. The zero-order valence-corrected chi connectivity index (χ0v) is 11.3. The van der Waals surface area contributed by atoms with Crippen molar-refractivity contribution in [2.24, 2.45) is 0 Å². The van der Waals surface area contributed by atoms with E-state index in [9.17, 15) is 0 Å². The van der Waals surface area contributed by atoms with Crippen LogP contribution in [0.25, 0.3) is 5.69 Å². The zero-order valence-electron chi connectivity index (χ0n) is 11.3. The maximum absolute atomic E-state index is 4.19. The van der Waals surface area contributed by atoms with Crippen molar-refractivity contribution < 1.29 is 0 Å². The molecule has 106 valence electrons. The lowest BCUT2D eigenvalue weighted by Crippen LogP contribution is -2.16. The van der Waals surface area contributed by atoms with E-state index in [0.717, 1.165) is 18.1 Å². The van der Waals surface area contributed by atoms with Gasteiger partial charge in [-0.25, -0.2) is 4.98 Å². The molecule has 7 heteroatoms. The van der Waals surface area contributed by atoms with Crippen molar-refractivity contribution in [2.75, 3.05) is 23.7 Å². The van der Waals surface area contributed by atoms with Crippen LogP contribution >= 0.6 is 0 Å². The van der Waals surface area contributed by atoms with Gasteiger partial charge in [-0.3, -0.25) is 0 Å². The topological polar surface area (TPSA) is 80.5 Å². The quantitative estimate of drug-likeness (QED) is 0.668. The Morgan fingerprint density at radius 2 is 1.71 bits per heavy atom. The highest BCUT2D eigenvalue weighted by Gasteiger charge is 2.06. The summed E-state index contributed by atoms with van der Waals surface area (Å²) in [6.45, 7) is 1.41. The predicted octanol–water partition coefficient (Wildman–Crippen LogP) is 1.58. The fourth-order valence-corrected chi connectivity index (χ4v) is 1.87. The Morgan fingerprint density at radius 3 is 2.52 bits per heavy atom. The van der Waals surface area contributed by atoms with Gasteiger partial charge in [-0.1, -0.05) is 29.4 Å². The van der Waals surface area contributed by atoms with Gasteiger partial charge in [0, 0.05) is 19.3 Å². The minimum absolute atomic E-state index is 0.615. The largest absolute Gasteiger partial charge is 0.368 e. The number of tetrazole rings is 1. The lowest BCUT2D eigenvalue weighted by molar-refractivity contribution is 0.789. The average Bonchev–Trinajstić information content (AvgIpc) is 3.02. The number of hydrogen-bond acceptors (Lipinski definition) is 6. The van der Waals surface area contributed by atoms with E-state index in [2.05, 4.69) is 31.1 Å². The van der Waals surface area contributed by atoms with E-state index in [1.807, 2.05) is 48.5 Å². The van der Waals surface area contributed by atoms with Crippen LogP contribution in [0, 0.1) is 0 Å². The number of anilines is 2. The standard InChI is InChI=1S/C14H15N7/c1-2-6-12(7-3-1)21-14(18-19-20-21)17-11-10-16-13-8-4-5-9-15-13/h1-9H,10-11H2,(H,15,16)(H,17,18,20). The number of nitrogens with one attached hydrogen (secondary N) is 2. The van der Waals surface area contributed by atoms with Gasteiger partial charge in [0.25, 0.3) is 0 Å². The molecule has 0 amide bonds. The molecule has 0 aliphatic heterocycles. The van der Waals surface area contributed by atoms with Gasteiger partial charge >= 0.3 is 0 Å². The van der Waals surface area contributed by atoms with Gasteiger partial charge in [-0.2, -0.15) is 4.68 Å². The SMILES string of the molecule is c1ccc(-n2nnnc2NCCNc2ccccn2)cc1. The van der Waals surface area contributed by atoms with Crippen LogP contribution in [-0.4, -0.2) is 38.3 Å². The second kappa shape index (κ2) is 6.47. The molecule has 2 heterocycles. The summed E-state index contributed by atoms with van der Waals surface area (Å²) in [5.41, 5.74) is 0.919. The second-order valence-electron chi connectivity index (χ2n) is 4.32. The van der Waals surface area contributed by atoms with E-state index >= 15 is 0 Å². The monoisotopic (exact) mass is 281 g/mol. The molecule has 0 aliphatic carbocycles. The van der Waals surface area contributed by atoms with Gasteiger partial charge in [0.1, 0.15) is 5.82 Å². The van der Waals surface area contributed by atoms with Crippen LogP contribution in [0.1, 0.15) is 0 Å². The van der Waals surface area contributed by atoms with Crippen molar-refractivity contribution in [3.63, 3.8) is 0 Å². The van der Waals surface area contributed by atoms with Gasteiger partial charge in [-0.05, 0) is 34.7 Å². The Balaban J connectivity index is 1.56. The molecule has 0 atom stereocenters. The highest BCUT2D eigenvalue weighted by atomic mass is 15.6. The molecule has 2 N–H and O–H groups in total. The Kier molecular flexibility index (Phi) is 4.02. The first-order valence-corrected chi connectivity index (χ1v) is 6.66. The summed E-state index contributed by atoms with van der Waals surface area (Å²) in [5, 5.41) is 18.1. The fourth-order valence-electron chi connectivity index (χ4n) is 1.87. The third-order valence-electron chi connectivity index (χ3n) is 2.85. The molecule has 0 spiro atoms. The normalized spacial score (nSPS) is 10.3. The maximum Gasteiger partial charge on any atom is 0.247 e. The summed E-state index contributed by atoms with van der Waals surface area (Å²) in [7, 11) is 0. The predicted molar refractivity (Wildman–Crippen MR) is 80.4 cm³/mol. The van der Waals surface area contributed by atoms with E-state index in [-0.39, 0.29) is 0 Å². The molecule has 0 unspecified atom stereocenters. The first-order chi connectivity index (χ1) is 10.4. The molecule has 7 nitrogen and oxygen atoms in total. The van der Waals surface area contributed by atoms with Crippen LogP contribution in [0.2, 0.25) is 0 Å². The second-order valence-corrected chi connectivity index (χ2v) is 4.32. The van der Waals surface area contributed by atoms with E-state index in [1.165, 1.54) is 0 Å². The van der Waals surface area contributed by atoms with Gasteiger partial charge in [0.2, 0.25) is 5.95 Å². The molecular weight excluding hydrogens is 266 g/mol. The molecule has 21 heavy (non-hydrogen) atoms. The number of hydrogen-bond donors (Lipinski definition) is 2. The fraction of sp³-hybridized carbons (Fsp3) is 0.143. The number of pyridine rings is 1. The summed E-state index contributed by atoms with van der Waals surface area (Å²) in [4.78, 5) is 4.19. The minimum atomic E-state index is 0.615. The van der Waals surface area contributed by atoms with E-state index in [1.54, 1.807) is 10.9 Å². The highest BCUT2D eigenvalue weighted by Crippen LogP contribution is 2.10. The molecule has 0 aliphatic rings. The van der Waals surface area contributed by atoms with Crippen LogP contribution in [0.4, 0.5) is 11.8 Å². The number of para-hydroxylation sites is 1. The van der Waals surface area contributed by atoms with Crippen molar-refractivity contribution in [2.45, 2.75) is 0 Å². The number of aromatic nitrogens is 5. The van der Waals surface area contributed by atoms with Crippen molar-refractivity contribution in [1.29, 1.82) is 0 Å². The van der Waals surface area contributed by atoms with Crippen molar-refractivity contribution >= 4 is 11.8 Å². The molecule has 1 aromatic carbocycles. The minimum Gasteiger partial charge on any atom is -0.368 e. The molecule has 0 bridgehead atoms. The Hall–Kier alpha value is -2.96. The maximum atomic E-state index is 4.19. The molecule has 3 rings (SSSR count). The van der Waals surface area contributed by atoms with Crippen LogP contribution in [0.3, 0.4) is 0 Å². The van der Waals surface area contributed by atoms with E-state index in [0.29, 0.717) is 12.5 Å². The Bertz CT molecular complexity index is 666. The lowest BCUT2D eigenvalue weighted by Gasteiger charge is -2.08. The van der Waals surface area contributed by atoms with Gasteiger partial charge in [0.15, 0.2) is 0 Å². The van der Waals surface area contributed by atoms with Gasteiger partial charge in [-0.15, -0.1) is 0 Å². The highest BCUT2D eigenvalue weighted by molar-refractivity contribution is 5.39. The van der Waals surface area contributed by atoms with E-state index in [4.69, 9.17) is 0 Å². The van der Waals surface area contributed by atoms with Crippen LogP contribution in [-0.2, 0) is 0 Å². The third kappa shape index (κ3) is 3.33. The van der Waals surface area contributed by atoms with Gasteiger partial charge in [0.05, 0.1) is 5.69 Å². The average molecular weight is 281 g/mol. The third-order valence-corrected chi connectivity index (χ3v) is 2.85. The Labute approximate surface area is 122 Å². The smallest absolute Gasteiger partial charge is 0.247 e. The Morgan fingerprint density at radius 1 is 0.905 bits per heavy atom. The number of rotatable bonds is 6. The van der Waals surface area contributed by atoms with Crippen molar-refractivity contribution in [1.82, 2.24) is 25.2 Å². The van der Waals surface area contributed by atoms with Gasteiger partial charge < -0.3 is 10.6 Å². The number of nitrogens with zero attached hydrogens (tertiary/aromatic N) is 5. The molecular formula is C14H15N7. The molecule has 3 aromatic rings. The molecule has 0 saturated carbocycles. The first kappa shape index (κ1) is 13.0.